The fourth-order valence-electron chi connectivity index (χ4n) is 1.77. The van der Waals surface area contributed by atoms with Gasteiger partial charge in [0.15, 0.2) is 0 Å². The molecule has 1 unspecified atom stereocenters. The van der Waals surface area contributed by atoms with Crippen LogP contribution in [0.2, 0.25) is 0 Å². The summed E-state index contributed by atoms with van der Waals surface area (Å²) < 4.78 is 5.28. The molecule has 0 aromatic carbocycles. The first-order valence-corrected chi connectivity index (χ1v) is 6.23. The first-order chi connectivity index (χ1) is 8.19. The van der Waals surface area contributed by atoms with E-state index < -0.39 is 0 Å². The summed E-state index contributed by atoms with van der Waals surface area (Å²) in [5, 5.41) is 3.28. The Morgan fingerprint density at radius 1 is 1.47 bits per heavy atom. The Hall–Kier alpha value is -1.29. The molecule has 0 aliphatic carbocycles. The molecule has 0 fully saturated rings. The van der Waals surface area contributed by atoms with Crippen molar-refractivity contribution in [2.45, 2.75) is 33.2 Å². The number of hydrogen-bond donors (Lipinski definition) is 1. The Bertz CT molecular complexity index is 318. The maximum atomic E-state index is 11.7. The fourth-order valence-corrected chi connectivity index (χ4v) is 1.77. The van der Waals surface area contributed by atoms with E-state index in [4.69, 9.17) is 4.42 Å². The molecule has 0 bridgehead atoms. The molecule has 1 rings (SSSR count). The van der Waals surface area contributed by atoms with Crippen LogP contribution < -0.4 is 5.32 Å². The molecule has 1 aromatic heterocycles. The smallest absolute Gasteiger partial charge is 0.223 e. The highest BCUT2D eigenvalue weighted by molar-refractivity contribution is 5.76. The Morgan fingerprint density at radius 3 is 2.71 bits per heavy atom. The second kappa shape index (κ2) is 7.12. The summed E-state index contributed by atoms with van der Waals surface area (Å²) in [6.07, 6.45) is 2.20. The zero-order chi connectivity index (χ0) is 12.7. The highest BCUT2D eigenvalue weighted by Crippen LogP contribution is 2.11. The number of carbonyl (C=O) groups excluding carboxylic acids is 1. The lowest BCUT2D eigenvalue weighted by Gasteiger charge is -2.19. The van der Waals surface area contributed by atoms with Crippen LogP contribution in [-0.4, -0.2) is 30.4 Å². The average molecular weight is 238 g/mol. The van der Waals surface area contributed by atoms with E-state index in [9.17, 15) is 4.79 Å². The van der Waals surface area contributed by atoms with Crippen molar-refractivity contribution in [1.29, 1.82) is 0 Å². The van der Waals surface area contributed by atoms with Gasteiger partial charge in [-0.3, -0.25) is 4.79 Å². The van der Waals surface area contributed by atoms with E-state index >= 15 is 0 Å². The average Bonchev–Trinajstić information content (AvgIpc) is 2.84. The van der Waals surface area contributed by atoms with Gasteiger partial charge in [0.05, 0.1) is 12.3 Å². The van der Waals surface area contributed by atoms with Crippen LogP contribution in [0.5, 0.6) is 0 Å². The number of hydrogen-bond acceptors (Lipinski definition) is 3. The van der Waals surface area contributed by atoms with Crippen molar-refractivity contribution in [3.05, 3.63) is 24.2 Å². The first kappa shape index (κ1) is 13.8. The van der Waals surface area contributed by atoms with Crippen molar-refractivity contribution in [2.24, 2.45) is 0 Å². The van der Waals surface area contributed by atoms with Crippen LogP contribution in [0.4, 0.5) is 0 Å². The minimum absolute atomic E-state index is 0.148. The van der Waals surface area contributed by atoms with E-state index in [0.717, 1.165) is 18.8 Å². The van der Waals surface area contributed by atoms with Gasteiger partial charge in [0.2, 0.25) is 5.91 Å². The topological polar surface area (TPSA) is 45.5 Å². The van der Waals surface area contributed by atoms with Crippen molar-refractivity contribution in [1.82, 2.24) is 10.2 Å². The predicted molar refractivity (Wildman–Crippen MR) is 67.7 cm³/mol. The number of furan rings is 1. The highest BCUT2D eigenvalue weighted by atomic mass is 16.3. The van der Waals surface area contributed by atoms with E-state index in [1.165, 1.54) is 0 Å². The lowest BCUT2D eigenvalue weighted by atomic mass is 10.2. The van der Waals surface area contributed by atoms with E-state index in [0.29, 0.717) is 13.0 Å². The Labute approximate surface area is 103 Å². The van der Waals surface area contributed by atoms with Gasteiger partial charge in [-0.05, 0) is 32.9 Å². The second-order valence-electron chi connectivity index (χ2n) is 4.01. The predicted octanol–water partition coefficient (Wildman–Crippen LogP) is 2.19. The van der Waals surface area contributed by atoms with Gasteiger partial charge in [0, 0.05) is 26.1 Å². The fraction of sp³-hybridized carbons (Fsp3) is 0.615. The summed E-state index contributed by atoms with van der Waals surface area (Å²) in [4.78, 5) is 13.6. The molecule has 96 valence electrons. The summed E-state index contributed by atoms with van der Waals surface area (Å²) >= 11 is 0. The van der Waals surface area contributed by atoms with E-state index in [1.54, 1.807) is 6.26 Å². The number of amides is 1. The molecule has 1 N–H and O–H groups in total. The van der Waals surface area contributed by atoms with Crippen molar-refractivity contribution in [3.63, 3.8) is 0 Å². The number of rotatable bonds is 7. The number of nitrogens with zero attached hydrogens (tertiary/aromatic N) is 1. The quantitative estimate of drug-likeness (QED) is 0.792. The van der Waals surface area contributed by atoms with Crippen LogP contribution in [0.1, 0.15) is 39.0 Å². The zero-order valence-electron chi connectivity index (χ0n) is 10.9. The van der Waals surface area contributed by atoms with Crippen molar-refractivity contribution in [2.75, 3.05) is 19.6 Å². The van der Waals surface area contributed by atoms with Crippen LogP contribution in [0.15, 0.2) is 22.8 Å². The summed E-state index contributed by atoms with van der Waals surface area (Å²) in [5.74, 6) is 1.11. The van der Waals surface area contributed by atoms with Gasteiger partial charge in [-0.1, -0.05) is 0 Å². The first-order valence-electron chi connectivity index (χ1n) is 6.23. The Balaban J connectivity index is 2.26. The molecule has 1 aromatic rings. The molecule has 0 aliphatic rings. The third kappa shape index (κ3) is 4.23. The van der Waals surface area contributed by atoms with E-state index in [1.807, 2.05) is 37.8 Å². The lowest BCUT2D eigenvalue weighted by Crippen LogP contribution is -2.33. The molecule has 4 nitrogen and oxygen atoms in total. The van der Waals surface area contributed by atoms with Gasteiger partial charge in [-0.2, -0.15) is 0 Å². The maximum absolute atomic E-state index is 11.7. The molecular weight excluding hydrogens is 216 g/mol. The zero-order valence-corrected chi connectivity index (χ0v) is 10.9. The Kier molecular flexibility index (Phi) is 5.77. The lowest BCUT2D eigenvalue weighted by molar-refractivity contribution is -0.130. The van der Waals surface area contributed by atoms with Crippen LogP contribution in [0.25, 0.3) is 0 Å². The van der Waals surface area contributed by atoms with Crippen LogP contribution in [-0.2, 0) is 4.79 Å². The number of carbonyl (C=O) groups is 1. The van der Waals surface area contributed by atoms with Crippen molar-refractivity contribution >= 4 is 5.91 Å². The van der Waals surface area contributed by atoms with Crippen LogP contribution >= 0.6 is 0 Å². The monoisotopic (exact) mass is 238 g/mol. The molecular formula is C13H22N2O2. The van der Waals surface area contributed by atoms with E-state index in [-0.39, 0.29) is 11.9 Å². The summed E-state index contributed by atoms with van der Waals surface area (Å²) in [5.41, 5.74) is 0. The minimum Gasteiger partial charge on any atom is -0.468 e. The SMILES string of the molecule is CCN(CC)C(=O)CCNC(C)c1ccco1. The molecule has 0 aliphatic heterocycles. The molecule has 1 atom stereocenters. The summed E-state index contributed by atoms with van der Waals surface area (Å²) in [6, 6.07) is 3.95. The number of nitrogens with one attached hydrogen (secondary N) is 1. The molecule has 4 heteroatoms. The molecule has 17 heavy (non-hydrogen) atoms. The molecule has 0 spiro atoms. The van der Waals surface area contributed by atoms with Gasteiger partial charge in [-0.25, -0.2) is 0 Å². The Morgan fingerprint density at radius 2 is 2.18 bits per heavy atom. The molecule has 1 heterocycles. The third-order valence-electron chi connectivity index (χ3n) is 2.88. The largest absolute Gasteiger partial charge is 0.468 e. The van der Waals surface area contributed by atoms with Gasteiger partial charge >= 0.3 is 0 Å². The third-order valence-corrected chi connectivity index (χ3v) is 2.88. The van der Waals surface area contributed by atoms with Gasteiger partial charge in [0.25, 0.3) is 0 Å². The van der Waals surface area contributed by atoms with Gasteiger partial charge in [0.1, 0.15) is 5.76 Å². The summed E-state index contributed by atoms with van der Waals surface area (Å²) in [7, 11) is 0. The second-order valence-corrected chi connectivity index (χ2v) is 4.01. The van der Waals surface area contributed by atoms with E-state index in [2.05, 4.69) is 5.32 Å². The van der Waals surface area contributed by atoms with Gasteiger partial charge in [-0.15, -0.1) is 0 Å². The summed E-state index contributed by atoms with van der Waals surface area (Å²) in [6.45, 7) is 8.27. The van der Waals surface area contributed by atoms with Crippen molar-refractivity contribution in [3.8, 4) is 0 Å². The van der Waals surface area contributed by atoms with Crippen LogP contribution in [0.3, 0.4) is 0 Å². The normalized spacial score (nSPS) is 12.4. The molecule has 1 amide bonds. The van der Waals surface area contributed by atoms with Gasteiger partial charge < -0.3 is 14.6 Å². The minimum atomic E-state index is 0.148. The highest BCUT2D eigenvalue weighted by Gasteiger charge is 2.11. The maximum Gasteiger partial charge on any atom is 0.223 e. The van der Waals surface area contributed by atoms with Crippen LogP contribution in [0, 0.1) is 0 Å². The standard InChI is InChI=1S/C13H22N2O2/c1-4-15(5-2)13(16)8-9-14-11(3)12-7-6-10-17-12/h6-7,10-11,14H,4-5,8-9H2,1-3H3. The molecule has 0 saturated carbocycles. The molecule has 0 saturated heterocycles. The molecule has 0 radical (unpaired) electrons. The van der Waals surface area contributed by atoms with Crippen molar-refractivity contribution < 1.29 is 9.21 Å².